The van der Waals surface area contributed by atoms with Gasteiger partial charge in [-0.05, 0) is 18.2 Å². The summed E-state index contributed by atoms with van der Waals surface area (Å²) in [6, 6.07) is 6.90. The third-order valence-electron chi connectivity index (χ3n) is 4.61. The number of rotatable bonds is 6. The Hall–Kier alpha value is -2.62. The Balaban J connectivity index is 1.52. The Labute approximate surface area is 166 Å². The Morgan fingerprint density at radius 2 is 2.18 bits per heavy atom. The number of hydrogen-bond acceptors (Lipinski definition) is 8. The molecule has 0 radical (unpaired) electrons. The molecule has 4 rings (SSSR count). The predicted molar refractivity (Wildman–Crippen MR) is 109 cm³/mol. The van der Waals surface area contributed by atoms with E-state index in [9.17, 15) is 4.79 Å². The van der Waals surface area contributed by atoms with Crippen LogP contribution >= 0.6 is 11.3 Å². The molecule has 0 amide bonds. The second-order valence-electron chi connectivity index (χ2n) is 6.84. The van der Waals surface area contributed by atoms with E-state index < -0.39 is 0 Å². The monoisotopic (exact) mass is 398 g/mol. The van der Waals surface area contributed by atoms with Crippen molar-refractivity contribution in [2.24, 2.45) is 0 Å². The topological polar surface area (TPSA) is 85.2 Å². The predicted octanol–water partition coefficient (Wildman–Crippen LogP) is 1.56. The molecule has 1 aliphatic rings. The molecule has 2 atom stereocenters. The molecule has 0 saturated carbocycles. The fourth-order valence-corrected chi connectivity index (χ4v) is 3.91. The standard InChI is InChI=1S/C19H22N6O2S/c1-24(2)19-22-10-14(28-19)9-21-16-11-27-12-17(16)25-18(26)6-5-15(23-25)13-4-3-7-20-8-13/h3-8,10,16-17,21H,9,11-12H2,1-2H3. The summed E-state index contributed by atoms with van der Waals surface area (Å²) in [7, 11) is 3.95. The first-order valence-corrected chi connectivity index (χ1v) is 9.87. The van der Waals surface area contributed by atoms with Gasteiger partial charge in [0.15, 0.2) is 5.13 Å². The van der Waals surface area contributed by atoms with E-state index in [1.165, 1.54) is 4.68 Å². The normalized spacial score (nSPS) is 19.1. The molecule has 1 saturated heterocycles. The number of pyridine rings is 1. The van der Waals surface area contributed by atoms with Gasteiger partial charge in [-0.3, -0.25) is 9.78 Å². The third-order valence-corrected chi connectivity index (χ3v) is 5.77. The molecule has 0 bridgehead atoms. The van der Waals surface area contributed by atoms with Crippen molar-refractivity contribution in [3.05, 3.63) is 58.1 Å². The van der Waals surface area contributed by atoms with Crippen molar-refractivity contribution in [1.29, 1.82) is 0 Å². The van der Waals surface area contributed by atoms with E-state index >= 15 is 0 Å². The van der Waals surface area contributed by atoms with Crippen LogP contribution in [0.5, 0.6) is 0 Å². The van der Waals surface area contributed by atoms with E-state index in [0.717, 1.165) is 21.3 Å². The first kappa shape index (κ1) is 18.7. The average molecular weight is 398 g/mol. The molecular formula is C19H22N6O2S. The molecular weight excluding hydrogens is 376 g/mol. The number of aromatic nitrogens is 4. The van der Waals surface area contributed by atoms with Crippen LogP contribution in [0.3, 0.4) is 0 Å². The lowest BCUT2D eigenvalue weighted by atomic mass is 10.1. The summed E-state index contributed by atoms with van der Waals surface area (Å²) in [6.45, 7) is 1.66. The number of ether oxygens (including phenoxy) is 1. The quantitative estimate of drug-likeness (QED) is 0.674. The van der Waals surface area contributed by atoms with Crippen LogP contribution in [0.2, 0.25) is 0 Å². The minimum absolute atomic E-state index is 0.000690. The van der Waals surface area contributed by atoms with Gasteiger partial charge in [0, 0.05) is 55.7 Å². The molecule has 0 aliphatic carbocycles. The van der Waals surface area contributed by atoms with E-state index in [-0.39, 0.29) is 17.6 Å². The summed E-state index contributed by atoms with van der Waals surface area (Å²) in [5, 5.41) is 9.06. The third kappa shape index (κ3) is 3.96. The van der Waals surface area contributed by atoms with Crippen LogP contribution in [0, 0.1) is 0 Å². The highest BCUT2D eigenvalue weighted by molar-refractivity contribution is 7.15. The van der Waals surface area contributed by atoms with Gasteiger partial charge in [0.1, 0.15) is 0 Å². The molecule has 2 unspecified atom stereocenters. The van der Waals surface area contributed by atoms with Crippen LogP contribution in [0.25, 0.3) is 11.3 Å². The molecule has 0 aromatic carbocycles. The lowest BCUT2D eigenvalue weighted by molar-refractivity contribution is 0.181. The summed E-state index contributed by atoms with van der Waals surface area (Å²) >= 11 is 1.64. The van der Waals surface area contributed by atoms with Crippen molar-refractivity contribution < 1.29 is 4.74 Å². The summed E-state index contributed by atoms with van der Waals surface area (Å²) < 4.78 is 7.19. The SMILES string of the molecule is CN(C)c1ncc(CNC2COCC2n2nc(-c3cccnc3)ccc2=O)s1. The smallest absolute Gasteiger partial charge is 0.267 e. The van der Waals surface area contributed by atoms with E-state index in [0.29, 0.717) is 19.8 Å². The summed E-state index contributed by atoms with van der Waals surface area (Å²) in [5.74, 6) is 0. The van der Waals surface area contributed by atoms with Gasteiger partial charge >= 0.3 is 0 Å². The van der Waals surface area contributed by atoms with Gasteiger partial charge in [-0.15, -0.1) is 11.3 Å². The van der Waals surface area contributed by atoms with Crippen molar-refractivity contribution >= 4 is 16.5 Å². The number of nitrogens with zero attached hydrogens (tertiary/aromatic N) is 5. The maximum absolute atomic E-state index is 12.5. The molecule has 1 fully saturated rings. The van der Waals surface area contributed by atoms with Crippen LogP contribution < -0.4 is 15.8 Å². The number of nitrogens with one attached hydrogen (secondary N) is 1. The molecule has 1 aliphatic heterocycles. The van der Waals surface area contributed by atoms with Gasteiger partial charge in [-0.1, -0.05) is 0 Å². The van der Waals surface area contributed by atoms with E-state index in [1.807, 2.05) is 37.3 Å². The van der Waals surface area contributed by atoms with Crippen molar-refractivity contribution in [2.45, 2.75) is 18.6 Å². The van der Waals surface area contributed by atoms with Crippen molar-refractivity contribution in [3.63, 3.8) is 0 Å². The second kappa shape index (κ2) is 8.17. The van der Waals surface area contributed by atoms with Gasteiger partial charge in [-0.2, -0.15) is 5.10 Å². The molecule has 146 valence electrons. The van der Waals surface area contributed by atoms with E-state index in [4.69, 9.17) is 4.74 Å². The van der Waals surface area contributed by atoms with Crippen LogP contribution in [0.15, 0.2) is 47.7 Å². The number of anilines is 1. The minimum atomic E-state index is -0.162. The Kier molecular flexibility index (Phi) is 5.47. The molecule has 8 nitrogen and oxygen atoms in total. The lowest BCUT2D eigenvalue weighted by Gasteiger charge is -2.20. The molecule has 1 N–H and O–H groups in total. The summed E-state index contributed by atoms with van der Waals surface area (Å²) in [4.78, 5) is 24.1. The van der Waals surface area contributed by atoms with Crippen molar-refractivity contribution in [3.8, 4) is 11.3 Å². The molecule has 3 aromatic heterocycles. The molecule has 28 heavy (non-hydrogen) atoms. The fraction of sp³-hybridized carbons (Fsp3) is 0.368. The molecule has 0 spiro atoms. The Bertz CT molecular complexity index is 987. The van der Waals surface area contributed by atoms with Gasteiger partial charge in [-0.25, -0.2) is 9.67 Å². The van der Waals surface area contributed by atoms with Crippen molar-refractivity contribution in [1.82, 2.24) is 25.1 Å². The zero-order valence-electron chi connectivity index (χ0n) is 15.8. The maximum Gasteiger partial charge on any atom is 0.267 e. The lowest BCUT2D eigenvalue weighted by Crippen LogP contribution is -2.41. The fourth-order valence-electron chi connectivity index (χ4n) is 3.13. The number of thiazole rings is 1. The molecule has 4 heterocycles. The summed E-state index contributed by atoms with van der Waals surface area (Å²) in [5.41, 5.74) is 1.46. The second-order valence-corrected chi connectivity index (χ2v) is 7.93. The maximum atomic E-state index is 12.5. The largest absolute Gasteiger partial charge is 0.377 e. The first-order valence-electron chi connectivity index (χ1n) is 9.05. The highest BCUT2D eigenvalue weighted by Crippen LogP contribution is 2.23. The van der Waals surface area contributed by atoms with E-state index in [1.54, 1.807) is 35.9 Å². The van der Waals surface area contributed by atoms with E-state index in [2.05, 4.69) is 20.4 Å². The minimum Gasteiger partial charge on any atom is -0.377 e. The number of hydrogen-bond donors (Lipinski definition) is 1. The zero-order chi connectivity index (χ0) is 19.5. The van der Waals surface area contributed by atoms with Gasteiger partial charge in [0.25, 0.3) is 5.56 Å². The Morgan fingerprint density at radius 1 is 1.29 bits per heavy atom. The molecule has 9 heteroatoms. The average Bonchev–Trinajstić information content (AvgIpc) is 3.37. The Morgan fingerprint density at radius 3 is 2.93 bits per heavy atom. The van der Waals surface area contributed by atoms with Crippen LogP contribution in [-0.4, -0.2) is 53.1 Å². The van der Waals surface area contributed by atoms with Crippen molar-refractivity contribution in [2.75, 3.05) is 32.2 Å². The first-order chi connectivity index (χ1) is 13.6. The van der Waals surface area contributed by atoms with Crippen LogP contribution in [0.4, 0.5) is 5.13 Å². The van der Waals surface area contributed by atoms with Gasteiger partial charge in [0.05, 0.1) is 31.0 Å². The van der Waals surface area contributed by atoms with Gasteiger partial charge < -0.3 is 15.0 Å². The molecule has 3 aromatic rings. The van der Waals surface area contributed by atoms with Crippen LogP contribution in [-0.2, 0) is 11.3 Å². The highest BCUT2D eigenvalue weighted by Gasteiger charge is 2.31. The van der Waals surface area contributed by atoms with Crippen LogP contribution in [0.1, 0.15) is 10.9 Å². The highest BCUT2D eigenvalue weighted by atomic mass is 32.1. The summed E-state index contributed by atoms with van der Waals surface area (Å²) in [6.07, 6.45) is 5.33. The van der Waals surface area contributed by atoms with Gasteiger partial charge in [0.2, 0.25) is 0 Å². The zero-order valence-corrected chi connectivity index (χ0v) is 16.6.